The summed E-state index contributed by atoms with van der Waals surface area (Å²) in [6.07, 6.45) is 2.91. The molecule has 1 aromatic carbocycles. The highest BCUT2D eigenvalue weighted by molar-refractivity contribution is 7.86. The van der Waals surface area contributed by atoms with Crippen molar-refractivity contribution in [1.29, 1.82) is 0 Å². The quantitative estimate of drug-likeness (QED) is 0.748. The molecule has 1 saturated heterocycles. The third-order valence-electron chi connectivity index (χ3n) is 3.21. The Balaban J connectivity index is 2.12. The number of hydrogen-bond acceptors (Lipinski definition) is 5. The number of carbonyl (C=O) groups excluding carboxylic acids is 2. The molecule has 0 N–H and O–H groups in total. The molecule has 0 bridgehead atoms. The molecule has 1 aliphatic heterocycles. The van der Waals surface area contributed by atoms with Crippen molar-refractivity contribution >= 4 is 21.9 Å². The van der Waals surface area contributed by atoms with Crippen LogP contribution in [0.15, 0.2) is 29.2 Å². The van der Waals surface area contributed by atoms with Crippen LogP contribution in [0.25, 0.3) is 0 Å². The van der Waals surface area contributed by atoms with Gasteiger partial charge in [-0.05, 0) is 30.5 Å². The third kappa shape index (κ3) is 3.68. The third-order valence-corrected chi connectivity index (χ3v) is 4.40. The first kappa shape index (κ1) is 15.7. The van der Waals surface area contributed by atoms with E-state index in [0.717, 1.165) is 24.8 Å². The molecule has 2 rings (SSSR count). The minimum Gasteiger partial charge on any atom is -0.272 e. The van der Waals surface area contributed by atoms with Gasteiger partial charge in [-0.15, -0.1) is 9.35 Å². The van der Waals surface area contributed by atoms with E-state index in [1.165, 1.54) is 12.1 Å². The van der Waals surface area contributed by atoms with Gasteiger partial charge in [0.2, 0.25) is 0 Å². The summed E-state index contributed by atoms with van der Waals surface area (Å²) in [4.78, 5) is 22.7. The molecule has 0 aliphatic carbocycles. The fourth-order valence-corrected chi connectivity index (χ4v) is 2.90. The molecule has 7 heteroatoms. The van der Waals surface area contributed by atoms with E-state index in [2.05, 4.69) is 11.2 Å². The Morgan fingerprint density at radius 2 is 1.67 bits per heavy atom. The molecule has 0 spiro atoms. The lowest BCUT2D eigenvalue weighted by Crippen LogP contribution is -2.32. The van der Waals surface area contributed by atoms with Crippen LogP contribution < -0.4 is 0 Å². The van der Waals surface area contributed by atoms with Crippen LogP contribution in [0.3, 0.4) is 0 Å². The maximum absolute atomic E-state index is 12.0. The van der Waals surface area contributed by atoms with E-state index in [0.29, 0.717) is 5.06 Å². The number of aryl methyl sites for hydroxylation is 1. The number of carbonyl (C=O) groups is 2. The summed E-state index contributed by atoms with van der Waals surface area (Å²) in [6, 6.07) is 6.26. The Morgan fingerprint density at radius 3 is 2.19 bits per heavy atom. The predicted molar refractivity (Wildman–Crippen MR) is 74.4 cm³/mol. The van der Waals surface area contributed by atoms with Crippen LogP contribution in [0.1, 0.15) is 38.2 Å². The van der Waals surface area contributed by atoms with E-state index in [1.54, 1.807) is 12.1 Å². The van der Waals surface area contributed by atoms with Crippen LogP contribution in [0.2, 0.25) is 0 Å². The summed E-state index contributed by atoms with van der Waals surface area (Å²) in [5.74, 6) is -1.27. The summed E-state index contributed by atoms with van der Waals surface area (Å²) in [5.41, 5.74) is 1.03. The lowest BCUT2D eigenvalue weighted by molar-refractivity contribution is -0.163. The van der Waals surface area contributed by atoms with Gasteiger partial charge < -0.3 is 0 Å². The summed E-state index contributed by atoms with van der Waals surface area (Å²) in [7, 11) is -4.16. The average Bonchev–Trinajstić information content (AvgIpc) is 2.77. The summed E-state index contributed by atoms with van der Waals surface area (Å²) < 4.78 is 28.7. The first-order valence-electron chi connectivity index (χ1n) is 6.83. The Hall–Kier alpha value is -1.73. The standard InChI is InChI=1S/C14H17NO5S/c1-2-3-4-11-5-7-12(8-6-11)21(18,19)20-15-13(16)9-10-14(15)17/h5-8H,2-4,9-10H2,1H3. The molecule has 6 nitrogen and oxygen atoms in total. The van der Waals surface area contributed by atoms with Crippen LogP contribution in [-0.4, -0.2) is 25.3 Å². The van der Waals surface area contributed by atoms with E-state index < -0.39 is 21.9 Å². The Bertz CT molecular complexity index is 620. The molecule has 1 fully saturated rings. The van der Waals surface area contributed by atoms with Crippen molar-refractivity contribution in [3.63, 3.8) is 0 Å². The van der Waals surface area contributed by atoms with Crippen molar-refractivity contribution in [2.24, 2.45) is 0 Å². The fourth-order valence-electron chi connectivity index (χ4n) is 1.98. The number of amides is 2. The van der Waals surface area contributed by atoms with E-state index in [9.17, 15) is 18.0 Å². The SMILES string of the molecule is CCCCc1ccc(S(=O)(=O)ON2C(=O)CCC2=O)cc1. The van der Waals surface area contributed by atoms with Gasteiger partial charge in [-0.25, -0.2) is 0 Å². The first-order valence-corrected chi connectivity index (χ1v) is 8.24. The lowest BCUT2D eigenvalue weighted by Gasteiger charge is -2.13. The summed E-state index contributed by atoms with van der Waals surface area (Å²) >= 11 is 0. The van der Waals surface area contributed by atoms with Crippen molar-refractivity contribution in [3.05, 3.63) is 29.8 Å². The molecule has 2 amide bonds. The number of benzene rings is 1. The monoisotopic (exact) mass is 311 g/mol. The van der Waals surface area contributed by atoms with Gasteiger partial charge in [0, 0.05) is 12.8 Å². The maximum Gasteiger partial charge on any atom is 0.318 e. The predicted octanol–water partition coefficient (Wildman–Crippen LogP) is 1.80. The van der Waals surface area contributed by atoms with Gasteiger partial charge in [-0.3, -0.25) is 9.59 Å². The number of nitrogens with zero attached hydrogens (tertiary/aromatic N) is 1. The largest absolute Gasteiger partial charge is 0.318 e. The number of hydroxylamine groups is 2. The molecular weight excluding hydrogens is 294 g/mol. The normalized spacial score (nSPS) is 15.8. The first-order chi connectivity index (χ1) is 9.94. The second kappa shape index (κ2) is 6.36. The Labute approximate surface area is 123 Å². The minimum absolute atomic E-state index is 0.0235. The minimum atomic E-state index is -4.16. The van der Waals surface area contributed by atoms with Crippen LogP contribution in [-0.2, 0) is 30.4 Å². The van der Waals surface area contributed by atoms with Crippen LogP contribution >= 0.6 is 0 Å². The van der Waals surface area contributed by atoms with Crippen molar-refractivity contribution in [1.82, 2.24) is 5.06 Å². The second-order valence-electron chi connectivity index (χ2n) is 4.86. The van der Waals surface area contributed by atoms with Gasteiger partial charge in [0.05, 0.1) is 4.90 Å². The highest BCUT2D eigenvalue weighted by Crippen LogP contribution is 2.20. The topological polar surface area (TPSA) is 80.8 Å². The zero-order valence-electron chi connectivity index (χ0n) is 11.7. The van der Waals surface area contributed by atoms with Crippen molar-refractivity contribution in [2.45, 2.75) is 43.9 Å². The molecule has 1 aliphatic rings. The van der Waals surface area contributed by atoms with Gasteiger partial charge in [0.15, 0.2) is 0 Å². The van der Waals surface area contributed by atoms with E-state index >= 15 is 0 Å². The Morgan fingerprint density at radius 1 is 1.10 bits per heavy atom. The maximum atomic E-state index is 12.0. The van der Waals surface area contributed by atoms with Crippen LogP contribution in [0, 0.1) is 0 Å². The highest BCUT2D eigenvalue weighted by atomic mass is 32.2. The van der Waals surface area contributed by atoms with Crippen molar-refractivity contribution < 1.29 is 22.3 Å². The number of rotatable bonds is 6. The molecule has 114 valence electrons. The van der Waals surface area contributed by atoms with Crippen LogP contribution in [0.5, 0.6) is 0 Å². The van der Waals surface area contributed by atoms with Gasteiger partial charge in [-0.2, -0.15) is 8.42 Å². The molecule has 0 saturated carbocycles. The Kier molecular flexibility index (Phi) is 4.74. The molecule has 1 heterocycles. The number of imide groups is 1. The fraction of sp³-hybridized carbons (Fsp3) is 0.429. The molecular formula is C14H17NO5S. The number of hydrogen-bond donors (Lipinski definition) is 0. The van der Waals surface area contributed by atoms with Gasteiger partial charge in [0.1, 0.15) is 0 Å². The van der Waals surface area contributed by atoms with Gasteiger partial charge in [-0.1, -0.05) is 25.5 Å². The van der Waals surface area contributed by atoms with Crippen molar-refractivity contribution in [3.8, 4) is 0 Å². The molecule has 0 unspecified atom stereocenters. The zero-order valence-corrected chi connectivity index (χ0v) is 12.6. The van der Waals surface area contributed by atoms with E-state index in [4.69, 9.17) is 0 Å². The lowest BCUT2D eigenvalue weighted by atomic mass is 10.1. The molecule has 21 heavy (non-hydrogen) atoms. The van der Waals surface area contributed by atoms with Gasteiger partial charge in [0.25, 0.3) is 11.8 Å². The number of unbranched alkanes of at least 4 members (excludes halogenated alkanes) is 1. The van der Waals surface area contributed by atoms with Crippen LogP contribution in [0.4, 0.5) is 0 Å². The highest BCUT2D eigenvalue weighted by Gasteiger charge is 2.35. The molecule has 0 radical (unpaired) electrons. The summed E-state index contributed by atoms with van der Waals surface area (Å²) in [5, 5.41) is 0.334. The zero-order chi connectivity index (χ0) is 15.5. The molecule has 0 aromatic heterocycles. The van der Waals surface area contributed by atoms with Gasteiger partial charge >= 0.3 is 10.1 Å². The van der Waals surface area contributed by atoms with Crippen molar-refractivity contribution in [2.75, 3.05) is 0 Å². The van der Waals surface area contributed by atoms with E-state index in [-0.39, 0.29) is 17.7 Å². The smallest absolute Gasteiger partial charge is 0.272 e. The average molecular weight is 311 g/mol. The second-order valence-corrected chi connectivity index (χ2v) is 6.39. The summed E-state index contributed by atoms with van der Waals surface area (Å²) in [6.45, 7) is 2.08. The molecule has 0 atom stereocenters. The molecule has 1 aromatic rings. The van der Waals surface area contributed by atoms with E-state index in [1.807, 2.05) is 0 Å².